The molecule has 4 heteroatoms. The van der Waals surface area contributed by atoms with Crippen LogP contribution in [0.2, 0.25) is 0 Å². The molecule has 0 aliphatic carbocycles. The van der Waals surface area contributed by atoms with Crippen molar-refractivity contribution in [2.75, 3.05) is 13.2 Å². The van der Waals surface area contributed by atoms with Crippen LogP contribution in [0.15, 0.2) is 28.7 Å². The van der Waals surface area contributed by atoms with Crippen molar-refractivity contribution in [1.29, 1.82) is 0 Å². The minimum Gasteiger partial charge on any atom is -0.450 e. The van der Waals surface area contributed by atoms with E-state index in [-0.39, 0.29) is 23.5 Å². The second-order valence-electron chi connectivity index (χ2n) is 3.64. The highest BCUT2D eigenvalue weighted by atomic mass is 19.1. The molecule has 0 unspecified atom stereocenters. The highest BCUT2D eigenvalue weighted by molar-refractivity contribution is 5.97. The molecule has 0 saturated carbocycles. The quantitative estimate of drug-likeness (QED) is 0.591. The molecule has 0 amide bonds. The number of hydrogen-bond acceptors (Lipinski definition) is 3. The summed E-state index contributed by atoms with van der Waals surface area (Å²) < 4.78 is 23.6. The summed E-state index contributed by atoms with van der Waals surface area (Å²) >= 11 is 0. The SMILES string of the molecule is CCOCCC(=O)c1cc2cccc(F)c2o1. The summed E-state index contributed by atoms with van der Waals surface area (Å²) in [6.45, 7) is 2.79. The third-order valence-electron chi connectivity index (χ3n) is 2.45. The van der Waals surface area contributed by atoms with Crippen LogP contribution in [0.5, 0.6) is 0 Å². The summed E-state index contributed by atoms with van der Waals surface area (Å²) in [5, 5.41) is 0.602. The number of rotatable bonds is 5. The minimum atomic E-state index is -0.452. The molecular formula is C13H13FO3. The van der Waals surface area contributed by atoms with Crippen molar-refractivity contribution in [3.63, 3.8) is 0 Å². The molecule has 0 aliphatic rings. The van der Waals surface area contributed by atoms with Crippen molar-refractivity contribution in [2.24, 2.45) is 0 Å². The Bertz CT molecular complexity index is 530. The van der Waals surface area contributed by atoms with Crippen LogP contribution in [-0.4, -0.2) is 19.0 Å². The maximum absolute atomic E-state index is 13.3. The normalized spacial score (nSPS) is 10.9. The van der Waals surface area contributed by atoms with Crippen molar-refractivity contribution in [1.82, 2.24) is 0 Å². The van der Waals surface area contributed by atoms with E-state index in [1.807, 2.05) is 6.92 Å². The Morgan fingerprint density at radius 1 is 1.47 bits per heavy atom. The number of carbonyl (C=O) groups is 1. The first-order valence-electron chi connectivity index (χ1n) is 5.51. The zero-order chi connectivity index (χ0) is 12.3. The van der Waals surface area contributed by atoms with E-state index in [1.165, 1.54) is 6.07 Å². The number of para-hydroxylation sites is 1. The fourth-order valence-corrected chi connectivity index (χ4v) is 1.60. The first kappa shape index (κ1) is 11.8. The van der Waals surface area contributed by atoms with Crippen LogP contribution >= 0.6 is 0 Å². The highest BCUT2D eigenvalue weighted by Gasteiger charge is 2.13. The molecule has 3 nitrogen and oxygen atoms in total. The second-order valence-corrected chi connectivity index (χ2v) is 3.64. The van der Waals surface area contributed by atoms with Gasteiger partial charge in [-0.15, -0.1) is 0 Å². The summed E-state index contributed by atoms with van der Waals surface area (Å²) in [6.07, 6.45) is 0.245. The summed E-state index contributed by atoms with van der Waals surface area (Å²) in [5.74, 6) is -0.440. The van der Waals surface area contributed by atoms with E-state index in [9.17, 15) is 9.18 Å². The van der Waals surface area contributed by atoms with E-state index in [4.69, 9.17) is 9.15 Å². The van der Waals surface area contributed by atoms with Crippen LogP contribution in [0.25, 0.3) is 11.0 Å². The molecule has 1 aromatic heterocycles. The number of benzene rings is 1. The molecular weight excluding hydrogens is 223 g/mol. The maximum atomic E-state index is 13.3. The van der Waals surface area contributed by atoms with Gasteiger partial charge in [-0.25, -0.2) is 4.39 Å². The fraction of sp³-hybridized carbons (Fsp3) is 0.308. The predicted molar refractivity (Wildman–Crippen MR) is 61.6 cm³/mol. The van der Waals surface area contributed by atoms with Gasteiger partial charge in [-0.2, -0.15) is 0 Å². The number of ketones is 1. The molecule has 2 aromatic rings. The zero-order valence-corrected chi connectivity index (χ0v) is 9.53. The minimum absolute atomic E-state index is 0.132. The van der Waals surface area contributed by atoms with Gasteiger partial charge in [0.25, 0.3) is 0 Å². The van der Waals surface area contributed by atoms with E-state index in [2.05, 4.69) is 0 Å². The first-order chi connectivity index (χ1) is 8.22. The molecule has 90 valence electrons. The van der Waals surface area contributed by atoms with Gasteiger partial charge in [0.1, 0.15) is 0 Å². The number of furan rings is 1. The Morgan fingerprint density at radius 2 is 2.29 bits per heavy atom. The van der Waals surface area contributed by atoms with Gasteiger partial charge in [-0.3, -0.25) is 4.79 Å². The topological polar surface area (TPSA) is 39.4 Å². The van der Waals surface area contributed by atoms with Gasteiger partial charge in [0.15, 0.2) is 22.9 Å². The van der Waals surface area contributed by atoms with Crippen LogP contribution in [-0.2, 0) is 4.74 Å². The monoisotopic (exact) mass is 236 g/mol. The third kappa shape index (κ3) is 2.53. The number of fused-ring (bicyclic) bond motifs is 1. The second kappa shape index (κ2) is 5.10. The van der Waals surface area contributed by atoms with Crippen molar-refractivity contribution < 1.29 is 18.3 Å². The molecule has 0 aliphatic heterocycles. The molecule has 1 aromatic carbocycles. The summed E-state index contributed by atoms with van der Waals surface area (Å²) in [7, 11) is 0. The lowest BCUT2D eigenvalue weighted by molar-refractivity contribution is 0.0872. The number of halogens is 1. The molecule has 0 spiro atoms. The van der Waals surface area contributed by atoms with Crippen molar-refractivity contribution in [2.45, 2.75) is 13.3 Å². The van der Waals surface area contributed by atoms with Crippen LogP contribution in [0.4, 0.5) is 4.39 Å². The predicted octanol–water partition coefficient (Wildman–Crippen LogP) is 3.18. The van der Waals surface area contributed by atoms with Crippen LogP contribution < -0.4 is 0 Å². The van der Waals surface area contributed by atoms with E-state index in [0.29, 0.717) is 18.6 Å². The van der Waals surface area contributed by atoms with Crippen LogP contribution in [0, 0.1) is 5.82 Å². The van der Waals surface area contributed by atoms with E-state index >= 15 is 0 Å². The van der Waals surface area contributed by atoms with Gasteiger partial charge in [-0.05, 0) is 19.1 Å². The molecule has 0 radical (unpaired) electrons. The Balaban J connectivity index is 2.19. The molecule has 0 atom stereocenters. The van der Waals surface area contributed by atoms with E-state index in [0.717, 1.165) is 0 Å². The number of carbonyl (C=O) groups excluding carboxylic acids is 1. The van der Waals surface area contributed by atoms with Gasteiger partial charge in [0.2, 0.25) is 0 Å². The Labute approximate surface area is 98.2 Å². The molecule has 2 rings (SSSR count). The Kier molecular flexibility index (Phi) is 3.54. The molecule has 0 saturated heterocycles. The average molecular weight is 236 g/mol. The molecule has 0 N–H and O–H groups in total. The van der Waals surface area contributed by atoms with E-state index < -0.39 is 5.82 Å². The number of hydrogen-bond donors (Lipinski definition) is 0. The summed E-state index contributed by atoms with van der Waals surface area (Å²) in [5.41, 5.74) is 0.132. The van der Waals surface area contributed by atoms with Crippen molar-refractivity contribution >= 4 is 16.8 Å². The first-order valence-corrected chi connectivity index (χ1v) is 5.51. The van der Waals surface area contributed by atoms with Gasteiger partial charge in [-0.1, -0.05) is 12.1 Å². The zero-order valence-electron chi connectivity index (χ0n) is 9.53. The fourth-order valence-electron chi connectivity index (χ4n) is 1.60. The average Bonchev–Trinajstić information content (AvgIpc) is 2.75. The van der Waals surface area contributed by atoms with Crippen LogP contribution in [0.3, 0.4) is 0 Å². The Hall–Kier alpha value is -1.68. The lowest BCUT2D eigenvalue weighted by Gasteiger charge is -1.97. The standard InChI is InChI=1S/C13H13FO3/c1-2-16-7-6-11(15)12-8-9-4-3-5-10(14)13(9)17-12/h3-5,8H,2,6-7H2,1H3. The van der Waals surface area contributed by atoms with E-state index in [1.54, 1.807) is 18.2 Å². The van der Waals surface area contributed by atoms with Crippen LogP contribution in [0.1, 0.15) is 23.9 Å². The molecule has 1 heterocycles. The molecule has 0 fully saturated rings. The van der Waals surface area contributed by atoms with Crippen molar-refractivity contribution in [3.05, 3.63) is 35.8 Å². The van der Waals surface area contributed by atoms with Crippen molar-refractivity contribution in [3.8, 4) is 0 Å². The third-order valence-corrected chi connectivity index (χ3v) is 2.45. The summed E-state index contributed by atoms with van der Waals surface area (Å²) in [6, 6.07) is 6.16. The molecule has 0 bridgehead atoms. The lowest BCUT2D eigenvalue weighted by Crippen LogP contribution is -2.03. The lowest BCUT2D eigenvalue weighted by atomic mass is 10.2. The number of ether oxygens (including phenoxy) is 1. The smallest absolute Gasteiger partial charge is 0.200 e. The van der Waals surface area contributed by atoms with Gasteiger partial charge in [0.05, 0.1) is 6.61 Å². The number of Topliss-reactive ketones (excluding diaryl/α,β-unsaturated/α-hetero) is 1. The summed E-state index contributed by atoms with van der Waals surface area (Å²) in [4.78, 5) is 11.7. The Morgan fingerprint density at radius 3 is 3.00 bits per heavy atom. The van der Waals surface area contributed by atoms with Gasteiger partial charge >= 0.3 is 0 Å². The van der Waals surface area contributed by atoms with Gasteiger partial charge in [0, 0.05) is 18.4 Å². The maximum Gasteiger partial charge on any atom is 0.200 e. The highest BCUT2D eigenvalue weighted by Crippen LogP contribution is 2.22. The van der Waals surface area contributed by atoms with Gasteiger partial charge < -0.3 is 9.15 Å². The molecule has 17 heavy (non-hydrogen) atoms. The largest absolute Gasteiger partial charge is 0.450 e.